The van der Waals surface area contributed by atoms with Gasteiger partial charge in [-0.2, -0.15) is 0 Å². The molecule has 0 saturated carbocycles. The van der Waals surface area contributed by atoms with Crippen LogP contribution in [0.5, 0.6) is 0 Å². The Morgan fingerprint density at radius 3 is 1.21 bits per heavy atom. The lowest BCUT2D eigenvalue weighted by molar-refractivity contribution is 0.596. The van der Waals surface area contributed by atoms with Gasteiger partial charge in [-0.25, -0.2) is 0 Å². The van der Waals surface area contributed by atoms with Crippen molar-refractivity contribution in [3.8, 4) is 0 Å². The van der Waals surface area contributed by atoms with E-state index < -0.39 is 0 Å². The largest absolute Gasteiger partial charge is 0.456 e. The summed E-state index contributed by atoms with van der Waals surface area (Å²) in [6.07, 6.45) is 0. The average molecular weight is 813 g/mol. The van der Waals surface area contributed by atoms with E-state index in [-0.39, 0.29) is 17.5 Å². The topological polar surface area (TPSA) is 32.8 Å². The normalized spacial score (nSPS) is 13.8. The van der Waals surface area contributed by atoms with Gasteiger partial charge in [-0.1, -0.05) is 157 Å². The highest BCUT2D eigenvalue weighted by Gasteiger charge is 2.45. The maximum atomic E-state index is 6.74. The highest BCUT2D eigenvalue weighted by atomic mass is 16.3. The van der Waals surface area contributed by atoms with Crippen LogP contribution < -0.4 is 26.2 Å². The van der Waals surface area contributed by atoms with Gasteiger partial charge in [-0.3, -0.25) is 0 Å². The molecule has 0 fully saturated rings. The van der Waals surface area contributed by atoms with Gasteiger partial charge >= 0.3 is 0 Å². The van der Waals surface area contributed by atoms with Gasteiger partial charge in [0.1, 0.15) is 22.3 Å². The predicted octanol–water partition coefficient (Wildman–Crippen LogP) is 14.5. The Morgan fingerprint density at radius 1 is 0.349 bits per heavy atom. The Kier molecular flexibility index (Phi) is 7.33. The number of nitrogens with zero attached hydrogens (tertiary/aromatic N) is 2. The first-order chi connectivity index (χ1) is 30.5. The van der Waals surface area contributed by atoms with E-state index in [1.165, 1.54) is 71.8 Å². The highest BCUT2D eigenvalue weighted by molar-refractivity contribution is 7.00. The van der Waals surface area contributed by atoms with Crippen molar-refractivity contribution in [1.82, 2.24) is 0 Å². The molecule has 4 nitrogen and oxygen atoms in total. The van der Waals surface area contributed by atoms with Crippen LogP contribution in [0, 0.1) is 0 Å². The van der Waals surface area contributed by atoms with Crippen LogP contribution in [-0.2, 0) is 10.8 Å². The Hall–Kier alpha value is -7.24. The van der Waals surface area contributed by atoms with Crippen LogP contribution in [-0.4, -0.2) is 6.71 Å². The van der Waals surface area contributed by atoms with Gasteiger partial charge in [0.15, 0.2) is 0 Å². The minimum Gasteiger partial charge on any atom is -0.456 e. The number of benzene rings is 9. The maximum absolute atomic E-state index is 6.74. The molecule has 0 unspecified atom stereocenters. The summed E-state index contributed by atoms with van der Waals surface area (Å²) in [4.78, 5) is 5.12. The molecule has 2 aromatic heterocycles. The second-order valence-corrected chi connectivity index (χ2v) is 19.7. The molecule has 0 atom stereocenters. The zero-order valence-corrected chi connectivity index (χ0v) is 36.4. The monoisotopic (exact) mass is 812 g/mol. The molecule has 2 aliphatic rings. The molecule has 63 heavy (non-hydrogen) atoms. The van der Waals surface area contributed by atoms with Crippen molar-refractivity contribution in [2.45, 2.75) is 52.4 Å². The van der Waals surface area contributed by atoms with E-state index in [1.807, 2.05) is 0 Å². The lowest BCUT2D eigenvalue weighted by Gasteiger charge is -2.45. The third kappa shape index (κ3) is 5.11. The molecular weight excluding hydrogens is 767 g/mol. The number of rotatable bonds is 2. The van der Waals surface area contributed by atoms with Crippen molar-refractivity contribution in [3.63, 3.8) is 0 Å². The first-order valence-corrected chi connectivity index (χ1v) is 22.2. The Labute approximate surface area is 367 Å². The number of para-hydroxylation sites is 2. The Morgan fingerprint density at radius 2 is 0.762 bits per heavy atom. The first kappa shape index (κ1) is 36.4. The highest BCUT2D eigenvalue weighted by Crippen LogP contribution is 2.51. The average Bonchev–Trinajstić information content (AvgIpc) is 3.83. The van der Waals surface area contributed by atoms with Gasteiger partial charge in [0.2, 0.25) is 0 Å². The molecule has 0 spiro atoms. The Bertz CT molecular complexity index is 3510. The molecule has 5 heteroatoms. The third-order valence-corrected chi connectivity index (χ3v) is 13.8. The first-order valence-electron chi connectivity index (χ1n) is 22.2. The standard InChI is InChI=1S/C58H45BN2O2/c1-57(2,3)54-36-18-9-7-16-34(36)26-28-44(54)60-46-22-15-23-47-56(46)59(42-30-40-38-20-11-13-24-50(38)62-52(40)32-48(42)60)43-31-41-39-21-12-14-25-51(39)63-53(41)33-49(43)61(47)45-29-27-35-17-8-10-19-37(35)55(45)58(4,5)6/h7-33H,1-6H3. The summed E-state index contributed by atoms with van der Waals surface area (Å²) in [6.45, 7) is 14.0. The van der Waals surface area contributed by atoms with E-state index in [4.69, 9.17) is 8.83 Å². The summed E-state index contributed by atoms with van der Waals surface area (Å²) in [5.74, 6) is 0. The van der Waals surface area contributed by atoms with Gasteiger partial charge in [0, 0.05) is 56.4 Å². The minimum absolute atomic E-state index is 0.0955. The summed E-state index contributed by atoms with van der Waals surface area (Å²) < 4.78 is 13.5. The van der Waals surface area contributed by atoms with E-state index in [0.29, 0.717) is 0 Å². The number of hydrogen-bond acceptors (Lipinski definition) is 4. The van der Waals surface area contributed by atoms with Crippen LogP contribution in [0.25, 0.3) is 65.4 Å². The molecule has 0 aliphatic carbocycles. The number of hydrogen-bond donors (Lipinski definition) is 0. The van der Waals surface area contributed by atoms with E-state index in [0.717, 1.165) is 55.3 Å². The van der Waals surface area contributed by atoms with Crippen LogP contribution in [0.1, 0.15) is 52.7 Å². The zero-order valence-electron chi connectivity index (χ0n) is 36.4. The van der Waals surface area contributed by atoms with Crippen molar-refractivity contribution in [2.75, 3.05) is 9.80 Å². The zero-order chi connectivity index (χ0) is 42.5. The predicted molar refractivity (Wildman–Crippen MR) is 267 cm³/mol. The van der Waals surface area contributed by atoms with Crippen LogP contribution in [0.2, 0.25) is 0 Å². The van der Waals surface area contributed by atoms with Gasteiger partial charge in [0.05, 0.1) is 11.4 Å². The molecule has 0 saturated heterocycles. The lowest BCUT2D eigenvalue weighted by Crippen LogP contribution is -2.61. The SMILES string of the molecule is CC(C)(C)c1c(N2c3cc4oc5ccccc5c4cc3B3c4cc5c(cc4N(c4ccc6ccccc6c4C(C)(C)C)c4cccc2c43)oc2ccccc25)ccc2ccccc12. The molecule has 0 amide bonds. The summed E-state index contributed by atoms with van der Waals surface area (Å²) in [7, 11) is 0. The molecule has 4 heterocycles. The summed E-state index contributed by atoms with van der Waals surface area (Å²) in [5.41, 5.74) is 16.6. The number of fused-ring (bicyclic) bond motifs is 12. The molecule has 0 N–H and O–H groups in total. The fourth-order valence-electron chi connectivity index (χ4n) is 11.4. The smallest absolute Gasteiger partial charge is 0.252 e. The lowest BCUT2D eigenvalue weighted by atomic mass is 9.33. The number of furan rings is 2. The Balaban J connectivity index is 1.20. The molecular formula is C58H45BN2O2. The molecule has 0 bridgehead atoms. The van der Waals surface area contributed by atoms with E-state index in [1.54, 1.807) is 0 Å². The molecule has 13 rings (SSSR count). The molecule has 0 radical (unpaired) electrons. The van der Waals surface area contributed by atoms with Crippen LogP contribution >= 0.6 is 0 Å². The molecule has 9 aromatic carbocycles. The van der Waals surface area contributed by atoms with Gasteiger partial charge in [-0.05, 0) is 96.3 Å². The summed E-state index contributed by atoms with van der Waals surface area (Å²) in [6, 6.07) is 60.4. The minimum atomic E-state index is -0.176. The second kappa shape index (κ2) is 12.7. The molecule has 302 valence electrons. The van der Waals surface area contributed by atoms with Gasteiger partial charge in [-0.15, -0.1) is 0 Å². The van der Waals surface area contributed by atoms with Crippen LogP contribution in [0.15, 0.2) is 173 Å². The summed E-state index contributed by atoms with van der Waals surface area (Å²) in [5, 5.41) is 9.54. The summed E-state index contributed by atoms with van der Waals surface area (Å²) >= 11 is 0. The van der Waals surface area contributed by atoms with Crippen molar-refractivity contribution in [1.29, 1.82) is 0 Å². The molecule has 11 aromatic rings. The second-order valence-electron chi connectivity index (χ2n) is 19.7. The van der Waals surface area contributed by atoms with Crippen molar-refractivity contribution in [2.24, 2.45) is 0 Å². The van der Waals surface area contributed by atoms with E-state index in [9.17, 15) is 0 Å². The van der Waals surface area contributed by atoms with Gasteiger partial charge in [0.25, 0.3) is 6.71 Å². The number of anilines is 6. The third-order valence-electron chi connectivity index (χ3n) is 13.8. The molecule has 2 aliphatic heterocycles. The maximum Gasteiger partial charge on any atom is 0.252 e. The van der Waals surface area contributed by atoms with Crippen LogP contribution in [0.4, 0.5) is 34.1 Å². The van der Waals surface area contributed by atoms with Crippen molar-refractivity contribution in [3.05, 3.63) is 175 Å². The van der Waals surface area contributed by atoms with Gasteiger partial charge < -0.3 is 18.6 Å². The fraction of sp³-hybridized carbons (Fsp3) is 0.138. The van der Waals surface area contributed by atoms with Crippen molar-refractivity contribution >= 4 is 123 Å². The van der Waals surface area contributed by atoms with E-state index in [2.05, 4.69) is 215 Å². The van der Waals surface area contributed by atoms with Crippen molar-refractivity contribution < 1.29 is 8.83 Å². The van der Waals surface area contributed by atoms with E-state index >= 15 is 0 Å². The fourth-order valence-corrected chi connectivity index (χ4v) is 11.4. The van der Waals surface area contributed by atoms with Crippen LogP contribution in [0.3, 0.4) is 0 Å². The quantitative estimate of drug-likeness (QED) is 0.163.